The number of halogens is 2. The highest BCUT2D eigenvalue weighted by molar-refractivity contribution is 6.45. The quantitative estimate of drug-likeness (QED) is 0.735. The van der Waals surface area contributed by atoms with Crippen molar-refractivity contribution in [2.45, 2.75) is 6.92 Å². The SMILES string of the molecule is COc1ccc(C(=O)N(C)C)cc1NC(=O)C(=O)Nc1cc(Cl)c(C)cc1Cl. The number of hydrogen-bond acceptors (Lipinski definition) is 4. The standard InChI is InChI=1S/C19H19Cl2N3O4/c1-10-7-13(21)14(9-12(10)20)22-17(25)18(26)23-15-8-11(19(27)24(2)3)5-6-16(15)28-4/h5-9H,1-4H3,(H,22,25)(H,23,26). The van der Waals surface area contributed by atoms with Crippen LogP contribution in [0.15, 0.2) is 30.3 Å². The van der Waals surface area contributed by atoms with E-state index in [9.17, 15) is 14.4 Å². The van der Waals surface area contributed by atoms with E-state index in [1.807, 2.05) is 0 Å². The molecule has 3 amide bonds. The summed E-state index contributed by atoms with van der Waals surface area (Å²) >= 11 is 12.1. The van der Waals surface area contributed by atoms with Crippen LogP contribution >= 0.6 is 23.2 Å². The molecule has 0 aliphatic carbocycles. The largest absolute Gasteiger partial charge is 0.495 e. The van der Waals surface area contributed by atoms with Gasteiger partial charge in [0.1, 0.15) is 5.75 Å². The molecule has 2 aromatic rings. The molecule has 7 nitrogen and oxygen atoms in total. The molecule has 0 saturated carbocycles. The number of ether oxygens (including phenoxy) is 1. The van der Waals surface area contributed by atoms with Gasteiger partial charge < -0.3 is 20.3 Å². The molecule has 0 unspecified atom stereocenters. The molecule has 0 radical (unpaired) electrons. The molecule has 0 atom stereocenters. The van der Waals surface area contributed by atoms with Crippen LogP contribution in [0.1, 0.15) is 15.9 Å². The van der Waals surface area contributed by atoms with Crippen molar-refractivity contribution in [1.82, 2.24) is 4.90 Å². The summed E-state index contributed by atoms with van der Waals surface area (Å²) in [6.45, 7) is 1.76. The van der Waals surface area contributed by atoms with E-state index in [0.29, 0.717) is 16.3 Å². The van der Waals surface area contributed by atoms with Gasteiger partial charge in [0.05, 0.1) is 23.5 Å². The normalized spacial score (nSPS) is 10.2. The molecule has 0 bridgehead atoms. The number of rotatable bonds is 4. The average Bonchev–Trinajstić information content (AvgIpc) is 2.65. The molecule has 0 aromatic heterocycles. The zero-order valence-corrected chi connectivity index (χ0v) is 17.2. The third-order valence-corrected chi connectivity index (χ3v) is 4.52. The number of carbonyl (C=O) groups is 3. The Kier molecular flexibility index (Phi) is 6.88. The lowest BCUT2D eigenvalue weighted by Gasteiger charge is -2.14. The molecule has 28 heavy (non-hydrogen) atoms. The Labute approximate surface area is 172 Å². The summed E-state index contributed by atoms with van der Waals surface area (Å²) in [5.74, 6) is -1.87. The Morgan fingerprint density at radius 3 is 2.11 bits per heavy atom. The number of carbonyl (C=O) groups excluding carboxylic acids is 3. The maximum absolute atomic E-state index is 12.3. The van der Waals surface area contributed by atoms with Crippen molar-refractivity contribution in [3.05, 3.63) is 51.5 Å². The highest BCUT2D eigenvalue weighted by Gasteiger charge is 2.19. The number of hydrogen-bond donors (Lipinski definition) is 2. The van der Waals surface area contributed by atoms with Crippen LogP contribution in [0.2, 0.25) is 10.0 Å². The van der Waals surface area contributed by atoms with Crippen molar-refractivity contribution in [3.8, 4) is 5.75 Å². The number of amides is 3. The first-order chi connectivity index (χ1) is 13.1. The lowest BCUT2D eigenvalue weighted by atomic mass is 10.1. The molecule has 0 aliphatic heterocycles. The predicted molar refractivity (Wildman–Crippen MR) is 109 cm³/mol. The highest BCUT2D eigenvalue weighted by Crippen LogP contribution is 2.29. The summed E-state index contributed by atoms with van der Waals surface area (Å²) in [5.41, 5.74) is 1.46. The average molecular weight is 424 g/mol. The number of methoxy groups -OCH3 is 1. The van der Waals surface area contributed by atoms with Gasteiger partial charge in [-0.3, -0.25) is 14.4 Å². The number of nitrogens with zero attached hydrogens (tertiary/aromatic N) is 1. The van der Waals surface area contributed by atoms with E-state index < -0.39 is 11.8 Å². The maximum atomic E-state index is 12.3. The van der Waals surface area contributed by atoms with Crippen molar-refractivity contribution < 1.29 is 19.1 Å². The summed E-state index contributed by atoms with van der Waals surface area (Å²) < 4.78 is 5.18. The molecule has 0 saturated heterocycles. The smallest absolute Gasteiger partial charge is 0.314 e. The number of anilines is 2. The zero-order valence-electron chi connectivity index (χ0n) is 15.7. The van der Waals surface area contributed by atoms with Gasteiger partial charge in [-0.25, -0.2) is 0 Å². The van der Waals surface area contributed by atoms with Crippen LogP contribution in [0.5, 0.6) is 5.75 Å². The number of aryl methyl sites for hydroxylation is 1. The molecular formula is C19H19Cl2N3O4. The first-order valence-electron chi connectivity index (χ1n) is 8.11. The fraction of sp³-hybridized carbons (Fsp3) is 0.211. The molecule has 2 aromatic carbocycles. The predicted octanol–water partition coefficient (Wildman–Crippen LogP) is 3.59. The summed E-state index contributed by atoms with van der Waals surface area (Å²) in [6, 6.07) is 7.56. The monoisotopic (exact) mass is 423 g/mol. The summed E-state index contributed by atoms with van der Waals surface area (Å²) in [6.07, 6.45) is 0. The molecule has 2 N–H and O–H groups in total. The molecule has 148 valence electrons. The second-order valence-electron chi connectivity index (χ2n) is 6.10. The van der Waals surface area contributed by atoms with E-state index >= 15 is 0 Å². The Morgan fingerprint density at radius 2 is 1.54 bits per heavy atom. The first-order valence-corrected chi connectivity index (χ1v) is 8.87. The fourth-order valence-corrected chi connectivity index (χ4v) is 2.73. The van der Waals surface area contributed by atoms with Gasteiger partial charge in [-0.15, -0.1) is 0 Å². The number of benzene rings is 2. The molecular weight excluding hydrogens is 405 g/mol. The molecule has 0 heterocycles. The van der Waals surface area contributed by atoms with E-state index in [0.717, 1.165) is 5.56 Å². The van der Waals surface area contributed by atoms with Gasteiger partial charge in [0, 0.05) is 24.7 Å². The molecule has 0 fully saturated rings. The second kappa shape index (κ2) is 8.95. The lowest BCUT2D eigenvalue weighted by molar-refractivity contribution is -0.133. The second-order valence-corrected chi connectivity index (χ2v) is 6.92. The lowest BCUT2D eigenvalue weighted by Crippen LogP contribution is -2.29. The van der Waals surface area contributed by atoms with Gasteiger partial charge >= 0.3 is 11.8 Å². The van der Waals surface area contributed by atoms with Crippen molar-refractivity contribution >= 4 is 52.3 Å². The first kappa shape index (κ1) is 21.5. The van der Waals surface area contributed by atoms with E-state index in [2.05, 4.69) is 10.6 Å². The molecule has 0 spiro atoms. The minimum absolute atomic E-state index is 0.184. The fourth-order valence-electron chi connectivity index (χ4n) is 2.30. The van der Waals surface area contributed by atoms with Crippen LogP contribution in [-0.4, -0.2) is 43.8 Å². The van der Waals surface area contributed by atoms with Crippen LogP contribution < -0.4 is 15.4 Å². The van der Waals surface area contributed by atoms with Gasteiger partial charge in [-0.1, -0.05) is 23.2 Å². The third kappa shape index (κ3) is 4.94. The maximum Gasteiger partial charge on any atom is 0.314 e. The zero-order chi connectivity index (χ0) is 21.0. The van der Waals surface area contributed by atoms with Crippen LogP contribution in [0, 0.1) is 6.92 Å². The van der Waals surface area contributed by atoms with Crippen molar-refractivity contribution in [3.63, 3.8) is 0 Å². The van der Waals surface area contributed by atoms with E-state index in [1.165, 1.54) is 30.2 Å². The van der Waals surface area contributed by atoms with Crippen LogP contribution in [0.3, 0.4) is 0 Å². The van der Waals surface area contributed by atoms with Crippen LogP contribution in [0.25, 0.3) is 0 Å². The summed E-state index contributed by atoms with van der Waals surface area (Å²) in [5, 5.41) is 5.50. The van der Waals surface area contributed by atoms with Crippen LogP contribution in [-0.2, 0) is 9.59 Å². The van der Waals surface area contributed by atoms with Gasteiger partial charge in [0.15, 0.2) is 0 Å². The summed E-state index contributed by atoms with van der Waals surface area (Å²) in [4.78, 5) is 38.1. The number of nitrogens with one attached hydrogen (secondary N) is 2. The van der Waals surface area contributed by atoms with E-state index in [-0.39, 0.29) is 22.3 Å². The Morgan fingerprint density at radius 1 is 0.929 bits per heavy atom. The minimum Gasteiger partial charge on any atom is -0.495 e. The Balaban J connectivity index is 2.21. The Hall–Kier alpha value is -2.77. The molecule has 0 aliphatic rings. The summed E-state index contributed by atoms with van der Waals surface area (Å²) in [7, 11) is 4.62. The van der Waals surface area contributed by atoms with Crippen molar-refractivity contribution in [1.29, 1.82) is 0 Å². The minimum atomic E-state index is -0.958. The topological polar surface area (TPSA) is 87.7 Å². The molecule has 2 rings (SSSR count). The van der Waals surface area contributed by atoms with Crippen molar-refractivity contribution in [2.24, 2.45) is 0 Å². The van der Waals surface area contributed by atoms with E-state index in [1.54, 1.807) is 33.2 Å². The Bertz CT molecular complexity index is 945. The van der Waals surface area contributed by atoms with Gasteiger partial charge in [0.2, 0.25) is 0 Å². The van der Waals surface area contributed by atoms with Gasteiger partial charge in [-0.05, 0) is 42.8 Å². The van der Waals surface area contributed by atoms with Crippen LogP contribution in [0.4, 0.5) is 11.4 Å². The van der Waals surface area contributed by atoms with E-state index in [4.69, 9.17) is 27.9 Å². The van der Waals surface area contributed by atoms with Gasteiger partial charge in [0.25, 0.3) is 5.91 Å². The highest BCUT2D eigenvalue weighted by atomic mass is 35.5. The molecule has 9 heteroatoms. The van der Waals surface area contributed by atoms with Gasteiger partial charge in [-0.2, -0.15) is 0 Å². The third-order valence-electron chi connectivity index (χ3n) is 3.80. The van der Waals surface area contributed by atoms with Crippen molar-refractivity contribution in [2.75, 3.05) is 31.8 Å².